The minimum absolute atomic E-state index is 0.184. The summed E-state index contributed by atoms with van der Waals surface area (Å²) in [6.07, 6.45) is 0. The molecule has 0 atom stereocenters. The van der Waals surface area contributed by atoms with Crippen LogP contribution in [-0.4, -0.2) is 18.1 Å². The van der Waals surface area contributed by atoms with Gasteiger partial charge in [0.05, 0.1) is 12.7 Å². The number of carbonyl (C=O) groups excluding carboxylic acids is 1. The van der Waals surface area contributed by atoms with Gasteiger partial charge in [0.25, 0.3) is 5.91 Å². The number of para-hydroxylation sites is 1. The Labute approximate surface area is 111 Å². The number of methoxy groups -OCH3 is 1. The van der Waals surface area contributed by atoms with Crippen molar-refractivity contribution in [3.8, 4) is 11.5 Å². The van der Waals surface area contributed by atoms with Crippen LogP contribution in [0.5, 0.6) is 11.5 Å². The van der Waals surface area contributed by atoms with E-state index in [0.29, 0.717) is 17.9 Å². The van der Waals surface area contributed by atoms with E-state index in [9.17, 15) is 9.90 Å². The first kappa shape index (κ1) is 13.0. The van der Waals surface area contributed by atoms with Crippen molar-refractivity contribution in [2.75, 3.05) is 7.11 Å². The highest BCUT2D eigenvalue weighted by molar-refractivity contribution is 5.96. The molecular weight excluding hydrogens is 242 g/mol. The van der Waals surface area contributed by atoms with Crippen molar-refractivity contribution in [2.24, 2.45) is 0 Å². The molecule has 2 aromatic rings. The summed E-state index contributed by atoms with van der Waals surface area (Å²) in [6, 6.07) is 13.8. The van der Waals surface area contributed by atoms with Crippen LogP contribution in [0.4, 0.5) is 0 Å². The molecule has 2 aromatic carbocycles. The average Bonchev–Trinajstić information content (AvgIpc) is 2.45. The largest absolute Gasteiger partial charge is 0.508 e. The third kappa shape index (κ3) is 3.25. The lowest BCUT2D eigenvalue weighted by atomic mass is 10.1. The van der Waals surface area contributed by atoms with Gasteiger partial charge in [0.15, 0.2) is 0 Å². The van der Waals surface area contributed by atoms with Crippen molar-refractivity contribution in [3.63, 3.8) is 0 Å². The first-order valence-electron chi connectivity index (χ1n) is 5.90. The van der Waals surface area contributed by atoms with Gasteiger partial charge in [-0.1, -0.05) is 24.3 Å². The minimum atomic E-state index is -0.208. The van der Waals surface area contributed by atoms with Gasteiger partial charge in [-0.05, 0) is 29.8 Å². The maximum absolute atomic E-state index is 12.0. The SMILES string of the molecule is COc1ccccc1C(=O)NCc1cccc(O)c1. The van der Waals surface area contributed by atoms with E-state index < -0.39 is 0 Å². The molecule has 0 aliphatic heterocycles. The number of hydrogen-bond donors (Lipinski definition) is 2. The lowest BCUT2D eigenvalue weighted by molar-refractivity contribution is 0.0948. The maximum Gasteiger partial charge on any atom is 0.255 e. The van der Waals surface area contributed by atoms with Crippen LogP contribution in [0.15, 0.2) is 48.5 Å². The van der Waals surface area contributed by atoms with Gasteiger partial charge >= 0.3 is 0 Å². The molecule has 98 valence electrons. The van der Waals surface area contributed by atoms with Crippen LogP contribution < -0.4 is 10.1 Å². The fourth-order valence-corrected chi connectivity index (χ4v) is 1.78. The van der Waals surface area contributed by atoms with Gasteiger partial charge in [-0.15, -0.1) is 0 Å². The minimum Gasteiger partial charge on any atom is -0.508 e. The third-order valence-corrected chi connectivity index (χ3v) is 2.72. The molecule has 0 saturated carbocycles. The number of nitrogens with one attached hydrogen (secondary N) is 1. The predicted octanol–water partition coefficient (Wildman–Crippen LogP) is 2.33. The molecule has 0 heterocycles. The molecule has 0 aromatic heterocycles. The van der Waals surface area contributed by atoms with Gasteiger partial charge in [0.2, 0.25) is 0 Å². The maximum atomic E-state index is 12.0. The summed E-state index contributed by atoms with van der Waals surface area (Å²) in [7, 11) is 1.53. The molecule has 4 nitrogen and oxygen atoms in total. The molecular formula is C15H15NO3. The average molecular weight is 257 g/mol. The number of phenolic OH excluding ortho intramolecular Hbond substituents is 1. The summed E-state index contributed by atoms with van der Waals surface area (Å²) in [6.45, 7) is 0.352. The Kier molecular flexibility index (Phi) is 4.03. The highest BCUT2D eigenvalue weighted by atomic mass is 16.5. The van der Waals surface area contributed by atoms with Crippen LogP contribution in [0.25, 0.3) is 0 Å². The number of aromatic hydroxyl groups is 1. The topological polar surface area (TPSA) is 58.6 Å². The molecule has 0 unspecified atom stereocenters. The zero-order valence-corrected chi connectivity index (χ0v) is 10.6. The smallest absolute Gasteiger partial charge is 0.255 e. The number of benzene rings is 2. The fourth-order valence-electron chi connectivity index (χ4n) is 1.78. The van der Waals surface area contributed by atoms with E-state index in [1.165, 1.54) is 7.11 Å². The summed E-state index contributed by atoms with van der Waals surface area (Å²) < 4.78 is 5.14. The molecule has 0 radical (unpaired) electrons. The number of phenols is 1. The molecule has 0 saturated heterocycles. The number of carbonyl (C=O) groups is 1. The van der Waals surface area contributed by atoms with Crippen molar-refractivity contribution in [3.05, 3.63) is 59.7 Å². The van der Waals surface area contributed by atoms with E-state index in [2.05, 4.69) is 5.32 Å². The van der Waals surface area contributed by atoms with Crippen LogP contribution in [0.2, 0.25) is 0 Å². The Bertz CT molecular complexity index is 581. The van der Waals surface area contributed by atoms with Crippen LogP contribution in [-0.2, 0) is 6.54 Å². The second kappa shape index (κ2) is 5.91. The van der Waals surface area contributed by atoms with Crippen LogP contribution >= 0.6 is 0 Å². The van der Waals surface area contributed by atoms with Crippen molar-refractivity contribution < 1.29 is 14.6 Å². The molecule has 19 heavy (non-hydrogen) atoms. The van der Waals surface area contributed by atoms with Crippen molar-refractivity contribution in [1.29, 1.82) is 0 Å². The van der Waals surface area contributed by atoms with Gasteiger partial charge in [0.1, 0.15) is 11.5 Å². The molecule has 2 N–H and O–H groups in total. The lowest BCUT2D eigenvalue weighted by Gasteiger charge is -2.09. The molecule has 0 bridgehead atoms. The second-order valence-electron chi connectivity index (χ2n) is 4.05. The summed E-state index contributed by atoms with van der Waals surface area (Å²) in [5.74, 6) is 0.515. The van der Waals surface area contributed by atoms with E-state index in [-0.39, 0.29) is 11.7 Å². The molecule has 1 amide bonds. The van der Waals surface area contributed by atoms with E-state index >= 15 is 0 Å². The summed E-state index contributed by atoms with van der Waals surface area (Å²) in [5.41, 5.74) is 1.33. The van der Waals surface area contributed by atoms with Crippen molar-refractivity contribution in [1.82, 2.24) is 5.32 Å². The Morgan fingerprint density at radius 2 is 2.00 bits per heavy atom. The van der Waals surface area contributed by atoms with E-state index in [1.54, 1.807) is 36.4 Å². The standard InChI is InChI=1S/C15H15NO3/c1-19-14-8-3-2-7-13(14)15(18)16-10-11-5-4-6-12(17)9-11/h2-9,17H,10H2,1H3,(H,16,18). The normalized spacial score (nSPS) is 9.95. The summed E-state index contributed by atoms with van der Waals surface area (Å²) in [5, 5.41) is 12.1. The van der Waals surface area contributed by atoms with Crippen LogP contribution in [0, 0.1) is 0 Å². The van der Waals surface area contributed by atoms with Crippen molar-refractivity contribution >= 4 is 5.91 Å². The van der Waals surface area contributed by atoms with Gasteiger partial charge < -0.3 is 15.2 Å². The van der Waals surface area contributed by atoms with E-state index in [0.717, 1.165) is 5.56 Å². The Morgan fingerprint density at radius 3 is 2.74 bits per heavy atom. The second-order valence-corrected chi connectivity index (χ2v) is 4.05. The van der Waals surface area contributed by atoms with Gasteiger partial charge in [-0.2, -0.15) is 0 Å². The Hall–Kier alpha value is -2.49. The monoisotopic (exact) mass is 257 g/mol. The number of amides is 1. The summed E-state index contributed by atoms with van der Waals surface area (Å²) in [4.78, 5) is 12.0. The molecule has 0 fully saturated rings. The van der Waals surface area contributed by atoms with Crippen molar-refractivity contribution in [2.45, 2.75) is 6.54 Å². The summed E-state index contributed by atoms with van der Waals surface area (Å²) >= 11 is 0. The Balaban J connectivity index is 2.05. The molecule has 0 spiro atoms. The third-order valence-electron chi connectivity index (χ3n) is 2.72. The van der Waals surface area contributed by atoms with Crippen LogP contribution in [0.1, 0.15) is 15.9 Å². The highest BCUT2D eigenvalue weighted by Gasteiger charge is 2.10. The van der Waals surface area contributed by atoms with Gasteiger partial charge in [-0.25, -0.2) is 0 Å². The van der Waals surface area contributed by atoms with Gasteiger partial charge in [0, 0.05) is 6.54 Å². The molecule has 0 aliphatic carbocycles. The molecule has 4 heteroatoms. The number of rotatable bonds is 4. The van der Waals surface area contributed by atoms with Crippen LogP contribution in [0.3, 0.4) is 0 Å². The fraction of sp³-hybridized carbons (Fsp3) is 0.133. The van der Waals surface area contributed by atoms with Gasteiger partial charge in [-0.3, -0.25) is 4.79 Å². The number of ether oxygens (including phenoxy) is 1. The Morgan fingerprint density at radius 1 is 1.21 bits per heavy atom. The zero-order valence-electron chi connectivity index (χ0n) is 10.6. The molecule has 0 aliphatic rings. The first-order valence-corrected chi connectivity index (χ1v) is 5.90. The predicted molar refractivity (Wildman–Crippen MR) is 72.3 cm³/mol. The van der Waals surface area contributed by atoms with E-state index in [1.807, 2.05) is 12.1 Å². The van der Waals surface area contributed by atoms with E-state index in [4.69, 9.17) is 4.74 Å². The highest BCUT2D eigenvalue weighted by Crippen LogP contribution is 2.17. The number of hydrogen-bond acceptors (Lipinski definition) is 3. The first-order chi connectivity index (χ1) is 9.20. The lowest BCUT2D eigenvalue weighted by Crippen LogP contribution is -2.23. The molecule has 2 rings (SSSR count). The zero-order chi connectivity index (χ0) is 13.7. The quantitative estimate of drug-likeness (QED) is 0.883.